The normalized spacial score (nSPS) is 15.7. The van der Waals surface area contributed by atoms with Crippen molar-refractivity contribution >= 4 is 34.5 Å². The van der Waals surface area contributed by atoms with Crippen molar-refractivity contribution in [1.82, 2.24) is 5.32 Å². The van der Waals surface area contributed by atoms with Gasteiger partial charge in [-0.05, 0) is 49.1 Å². The maximum Gasteiger partial charge on any atom is 0.230 e. The Labute approximate surface area is 133 Å². The molecule has 0 radical (unpaired) electrons. The zero-order valence-electron chi connectivity index (χ0n) is 11.6. The SMILES string of the molecule is Nc1ccc(C2(C(=O)NCCc3ccc(Cl)s3)CC2)cc1. The van der Waals surface area contributed by atoms with Gasteiger partial charge in [-0.3, -0.25) is 4.79 Å². The molecule has 1 amide bonds. The summed E-state index contributed by atoms with van der Waals surface area (Å²) in [6, 6.07) is 11.5. The number of benzene rings is 1. The number of halogens is 1. The van der Waals surface area contributed by atoms with Crippen LogP contribution < -0.4 is 11.1 Å². The van der Waals surface area contributed by atoms with Crippen LogP contribution in [0.1, 0.15) is 23.3 Å². The number of hydrogen-bond donors (Lipinski definition) is 2. The van der Waals surface area contributed by atoms with E-state index in [0.29, 0.717) is 6.54 Å². The molecule has 110 valence electrons. The highest BCUT2D eigenvalue weighted by Crippen LogP contribution is 2.48. The van der Waals surface area contributed by atoms with E-state index in [9.17, 15) is 4.79 Å². The standard InChI is InChI=1S/C16H17ClN2OS/c17-14-6-5-13(21-14)7-10-19-15(20)16(8-9-16)11-1-3-12(18)4-2-11/h1-6H,7-10,18H2,(H,19,20). The lowest BCUT2D eigenvalue weighted by Crippen LogP contribution is -2.35. The van der Waals surface area contributed by atoms with Crippen LogP contribution >= 0.6 is 22.9 Å². The summed E-state index contributed by atoms with van der Waals surface area (Å²) in [5.74, 6) is 0.120. The molecule has 0 atom stereocenters. The van der Waals surface area contributed by atoms with Gasteiger partial charge in [0.25, 0.3) is 0 Å². The number of amides is 1. The van der Waals surface area contributed by atoms with Crippen LogP contribution in [0.15, 0.2) is 36.4 Å². The van der Waals surface area contributed by atoms with E-state index >= 15 is 0 Å². The first-order valence-electron chi connectivity index (χ1n) is 6.99. The Morgan fingerprint density at radius 2 is 1.95 bits per heavy atom. The Balaban J connectivity index is 1.59. The quantitative estimate of drug-likeness (QED) is 0.830. The van der Waals surface area contributed by atoms with Gasteiger partial charge >= 0.3 is 0 Å². The number of nitrogens with two attached hydrogens (primary N) is 1. The first-order valence-corrected chi connectivity index (χ1v) is 8.18. The molecule has 21 heavy (non-hydrogen) atoms. The van der Waals surface area contributed by atoms with Crippen LogP contribution in [0.4, 0.5) is 5.69 Å². The molecule has 3 N–H and O–H groups in total. The minimum Gasteiger partial charge on any atom is -0.399 e. The highest BCUT2D eigenvalue weighted by atomic mass is 35.5. The van der Waals surface area contributed by atoms with Gasteiger partial charge in [0, 0.05) is 17.1 Å². The van der Waals surface area contributed by atoms with Crippen molar-refractivity contribution in [2.45, 2.75) is 24.7 Å². The zero-order chi connectivity index (χ0) is 14.9. The molecule has 0 bridgehead atoms. The summed E-state index contributed by atoms with van der Waals surface area (Å²) in [5, 5.41) is 3.05. The van der Waals surface area contributed by atoms with Gasteiger partial charge < -0.3 is 11.1 Å². The lowest BCUT2D eigenvalue weighted by atomic mass is 9.95. The van der Waals surface area contributed by atoms with E-state index in [1.165, 1.54) is 4.88 Å². The van der Waals surface area contributed by atoms with Crippen LogP contribution in [-0.2, 0) is 16.6 Å². The number of carbonyl (C=O) groups is 1. The second-order valence-corrected chi connectivity index (χ2v) is 7.22. The Hall–Kier alpha value is -1.52. The van der Waals surface area contributed by atoms with Gasteiger partial charge in [-0.25, -0.2) is 0 Å². The molecule has 1 saturated carbocycles. The highest BCUT2D eigenvalue weighted by molar-refractivity contribution is 7.16. The number of hydrogen-bond acceptors (Lipinski definition) is 3. The van der Waals surface area contributed by atoms with Crippen LogP contribution in [0.2, 0.25) is 4.34 Å². The zero-order valence-corrected chi connectivity index (χ0v) is 13.1. The van der Waals surface area contributed by atoms with Gasteiger partial charge in [-0.2, -0.15) is 0 Å². The molecule has 2 aromatic rings. The van der Waals surface area contributed by atoms with Crippen LogP contribution in [0, 0.1) is 0 Å². The second-order valence-electron chi connectivity index (χ2n) is 5.42. The molecular weight excluding hydrogens is 304 g/mol. The molecule has 1 heterocycles. The van der Waals surface area contributed by atoms with Crippen LogP contribution in [-0.4, -0.2) is 12.5 Å². The Morgan fingerprint density at radius 1 is 1.24 bits per heavy atom. The maximum absolute atomic E-state index is 12.4. The molecule has 3 nitrogen and oxygen atoms in total. The summed E-state index contributed by atoms with van der Waals surface area (Å²) < 4.78 is 0.789. The van der Waals surface area contributed by atoms with E-state index in [0.717, 1.165) is 34.8 Å². The number of carbonyl (C=O) groups excluding carboxylic acids is 1. The minimum absolute atomic E-state index is 0.120. The van der Waals surface area contributed by atoms with Crippen molar-refractivity contribution < 1.29 is 4.79 Å². The van der Waals surface area contributed by atoms with Crippen molar-refractivity contribution in [1.29, 1.82) is 0 Å². The Bertz CT molecular complexity index is 647. The molecule has 0 spiro atoms. The van der Waals surface area contributed by atoms with Gasteiger partial charge in [0.05, 0.1) is 9.75 Å². The van der Waals surface area contributed by atoms with E-state index < -0.39 is 0 Å². The first-order chi connectivity index (χ1) is 10.1. The molecule has 0 aliphatic heterocycles. The Kier molecular flexibility index (Phi) is 3.91. The lowest BCUT2D eigenvalue weighted by molar-refractivity contribution is -0.123. The van der Waals surface area contributed by atoms with E-state index in [-0.39, 0.29) is 11.3 Å². The third-order valence-corrected chi connectivity index (χ3v) is 5.22. The van der Waals surface area contributed by atoms with Gasteiger partial charge in [0.15, 0.2) is 0 Å². The average molecular weight is 321 g/mol. The second kappa shape index (κ2) is 5.70. The largest absolute Gasteiger partial charge is 0.399 e. The smallest absolute Gasteiger partial charge is 0.230 e. The van der Waals surface area contributed by atoms with E-state index in [1.807, 2.05) is 36.4 Å². The van der Waals surface area contributed by atoms with Crippen LogP contribution in [0.25, 0.3) is 0 Å². The summed E-state index contributed by atoms with van der Waals surface area (Å²) in [6.45, 7) is 0.645. The summed E-state index contributed by atoms with van der Waals surface area (Å²) in [7, 11) is 0. The molecule has 1 aromatic carbocycles. The molecule has 1 aliphatic carbocycles. The maximum atomic E-state index is 12.4. The van der Waals surface area contributed by atoms with Crippen molar-refractivity contribution in [2.24, 2.45) is 0 Å². The van der Waals surface area contributed by atoms with E-state index in [2.05, 4.69) is 5.32 Å². The fraction of sp³-hybridized carbons (Fsp3) is 0.312. The summed E-state index contributed by atoms with van der Waals surface area (Å²) >= 11 is 7.46. The number of nitrogen functional groups attached to an aromatic ring is 1. The summed E-state index contributed by atoms with van der Waals surface area (Å²) in [6.07, 6.45) is 2.64. The molecule has 3 rings (SSSR count). The van der Waals surface area contributed by atoms with Gasteiger partial charge in [-0.1, -0.05) is 23.7 Å². The third-order valence-electron chi connectivity index (χ3n) is 3.93. The van der Waals surface area contributed by atoms with Crippen molar-refractivity contribution in [3.8, 4) is 0 Å². The molecule has 1 fully saturated rings. The lowest BCUT2D eigenvalue weighted by Gasteiger charge is -2.15. The van der Waals surface area contributed by atoms with E-state index in [4.69, 9.17) is 17.3 Å². The van der Waals surface area contributed by atoms with Gasteiger partial charge in [0.1, 0.15) is 0 Å². The predicted octanol–water partition coefficient (Wildman–Crippen LogP) is 3.37. The van der Waals surface area contributed by atoms with Crippen molar-refractivity contribution in [3.05, 3.63) is 51.2 Å². The molecular formula is C16H17ClN2OS. The first kappa shape index (κ1) is 14.4. The van der Waals surface area contributed by atoms with Crippen LogP contribution in [0.3, 0.4) is 0 Å². The molecule has 0 unspecified atom stereocenters. The fourth-order valence-electron chi connectivity index (χ4n) is 2.53. The van der Waals surface area contributed by atoms with E-state index in [1.54, 1.807) is 11.3 Å². The summed E-state index contributed by atoms with van der Waals surface area (Å²) in [5.41, 5.74) is 7.16. The highest BCUT2D eigenvalue weighted by Gasteiger charge is 2.50. The third kappa shape index (κ3) is 3.06. The van der Waals surface area contributed by atoms with Crippen molar-refractivity contribution in [2.75, 3.05) is 12.3 Å². The van der Waals surface area contributed by atoms with Gasteiger partial charge in [-0.15, -0.1) is 11.3 Å². The predicted molar refractivity (Wildman–Crippen MR) is 87.8 cm³/mol. The number of rotatable bonds is 5. The minimum atomic E-state index is -0.333. The van der Waals surface area contributed by atoms with Crippen LogP contribution in [0.5, 0.6) is 0 Å². The van der Waals surface area contributed by atoms with Crippen molar-refractivity contribution in [3.63, 3.8) is 0 Å². The number of anilines is 1. The number of nitrogens with one attached hydrogen (secondary N) is 1. The molecule has 1 aromatic heterocycles. The fourth-order valence-corrected chi connectivity index (χ4v) is 3.62. The average Bonchev–Trinajstić information content (AvgIpc) is 3.18. The van der Waals surface area contributed by atoms with Gasteiger partial charge in [0.2, 0.25) is 5.91 Å². The topological polar surface area (TPSA) is 55.1 Å². The Morgan fingerprint density at radius 3 is 2.52 bits per heavy atom. The molecule has 1 aliphatic rings. The number of thiophene rings is 1. The molecule has 0 saturated heterocycles. The summed E-state index contributed by atoms with van der Waals surface area (Å²) in [4.78, 5) is 13.6. The monoisotopic (exact) mass is 320 g/mol. The molecule has 5 heteroatoms.